The van der Waals surface area contributed by atoms with E-state index in [1.807, 2.05) is 13.1 Å². The van der Waals surface area contributed by atoms with Gasteiger partial charge in [0.05, 0.1) is 26.4 Å². The average molecular weight is 265 g/mol. The molecule has 0 amide bonds. The highest BCUT2D eigenvalue weighted by Crippen LogP contribution is 2.36. The first-order valence-electron chi connectivity index (χ1n) is 6.72. The fraction of sp³-hybridized carbons (Fsp3) is 0.600. The van der Waals surface area contributed by atoms with Gasteiger partial charge in [-0.05, 0) is 50.1 Å². The molecule has 19 heavy (non-hydrogen) atoms. The lowest BCUT2D eigenvalue weighted by Gasteiger charge is -2.25. The van der Waals surface area contributed by atoms with E-state index in [4.69, 9.17) is 14.2 Å². The Morgan fingerprint density at radius 3 is 2.47 bits per heavy atom. The summed E-state index contributed by atoms with van der Waals surface area (Å²) in [6.45, 7) is 2.95. The predicted octanol–water partition coefficient (Wildman–Crippen LogP) is 2.45. The molecule has 4 heteroatoms. The fourth-order valence-electron chi connectivity index (χ4n) is 2.74. The summed E-state index contributed by atoms with van der Waals surface area (Å²) in [5, 5.41) is 3.37. The van der Waals surface area contributed by atoms with Gasteiger partial charge in [-0.1, -0.05) is 0 Å². The molecule has 1 aliphatic heterocycles. The van der Waals surface area contributed by atoms with E-state index in [1.54, 1.807) is 14.2 Å². The third-order valence-electron chi connectivity index (χ3n) is 3.75. The number of benzene rings is 1. The monoisotopic (exact) mass is 265 g/mol. The first-order valence-corrected chi connectivity index (χ1v) is 6.72. The Balaban J connectivity index is 2.36. The van der Waals surface area contributed by atoms with Gasteiger partial charge in [-0.25, -0.2) is 0 Å². The van der Waals surface area contributed by atoms with E-state index >= 15 is 0 Å². The van der Waals surface area contributed by atoms with Crippen LogP contribution >= 0.6 is 0 Å². The summed E-state index contributed by atoms with van der Waals surface area (Å²) in [5.74, 6) is 1.53. The van der Waals surface area contributed by atoms with Crippen LogP contribution in [0.2, 0.25) is 0 Å². The van der Waals surface area contributed by atoms with Gasteiger partial charge >= 0.3 is 0 Å². The molecule has 1 heterocycles. The minimum absolute atomic E-state index is 0.197. The number of nitrogens with one attached hydrogen (secondary N) is 1. The number of rotatable bonds is 5. The molecule has 0 saturated carbocycles. The predicted molar refractivity (Wildman–Crippen MR) is 75.1 cm³/mol. The molecule has 1 saturated heterocycles. The molecule has 0 spiro atoms. The summed E-state index contributed by atoms with van der Waals surface area (Å²) in [5.41, 5.74) is 2.40. The van der Waals surface area contributed by atoms with Crippen LogP contribution in [0.1, 0.15) is 30.0 Å². The van der Waals surface area contributed by atoms with E-state index in [1.165, 1.54) is 11.1 Å². The van der Waals surface area contributed by atoms with Gasteiger partial charge in [0.25, 0.3) is 0 Å². The molecule has 1 aromatic rings. The highest BCUT2D eigenvalue weighted by atomic mass is 16.5. The zero-order chi connectivity index (χ0) is 13.8. The van der Waals surface area contributed by atoms with Crippen LogP contribution < -0.4 is 14.8 Å². The summed E-state index contributed by atoms with van der Waals surface area (Å²) in [7, 11) is 5.30. The molecule has 1 aliphatic rings. The van der Waals surface area contributed by atoms with Gasteiger partial charge in [0.2, 0.25) is 0 Å². The van der Waals surface area contributed by atoms with Crippen molar-refractivity contribution >= 4 is 0 Å². The summed E-state index contributed by atoms with van der Waals surface area (Å²) < 4.78 is 16.5. The third-order valence-corrected chi connectivity index (χ3v) is 3.75. The molecule has 0 bridgehead atoms. The van der Waals surface area contributed by atoms with E-state index in [0.717, 1.165) is 30.9 Å². The number of ether oxygens (including phenoxy) is 3. The van der Waals surface area contributed by atoms with Crippen LogP contribution in [0.25, 0.3) is 0 Å². The molecule has 2 atom stereocenters. The van der Waals surface area contributed by atoms with Crippen molar-refractivity contribution < 1.29 is 14.2 Å². The van der Waals surface area contributed by atoms with Crippen molar-refractivity contribution in [3.63, 3.8) is 0 Å². The Hall–Kier alpha value is -1.26. The number of hydrogen-bond acceptors (Lipinski definition) is 4. The normalized spacial score (nSPS) is 20.3. The van der Waals surface area contributed by atoms with E-state index < -0.39 is 0 Å². The lowest BCUT2D eigenvalue weighted by atomic mass is 9.95. The maximum Gasteiger partial charge on any atom is 0.161 e. The molecule has 4 nitrogen and oxygen atoms in total. The number of aryl methyl sites for hydroxylation is 1. The summed E-state index contributed by atoms with van der Waals surface area (Å²) in [6, 6.07) is 4.27. The van der Waals surface area contributed by atoms with Crippen LogP contribution in [0.5, 0.6) is 11.5 Å². The van der Waals surface area contributed by atoms with Crippen LogP contribution in [0.15, 0.2) is 12.1 Å². The van der Waals surface area contributed by atoms with Crippen LogP contribution in [0, 0.1) is 6.92 Å². The first-order chi connectivity index (χ1) is 9.21. The van der Waals surface area contributed by atoms with Crippen LogP contribution in [0.4, 0.5) is 0 Å². The van der Waals surface area contributed by atoms with E-state index in [2.05, 4.69) is 18.3 Å². The van der Waals surface area contributed by atoms with Crippen molar-refractivity contribution in [3.05, 3.63) is 23.3 Å². The smallest absolute Gasteiger partial charge is 0.161 e. The number of hydrogen-bond donors (Lipinski definition) is 1. The van der Waals surface area contributed by atoms with E-state index in [-0.39, 0.29) is 12.1 Å². The minimum atomic E-state index is 0.197. The lowest BCUT2D eigenvalue weighted by Crippen LogP contribution is -2.29. The van der Waals surface area contributed by atoms with Crippen molar-refractivity contribution in [3.8, 4) is 11.5 Å². The van der Waals surface area contributed by atoms with Gasteiger partial charge in [-0.15, -0.1) is 0 Å². The Morgan fingerprint density at radius 2 is 1.95 bits per heavy atom. The first kappa shape index (κ1) is 14.2. The maximum absolute atomic E-state index is 5.81. The van der Waals surface area contributed by atoms with Crippen molar-refractivity contribution in [2.45, 2.75) is 31.9 Å². The average Bonchev–Trinajstić information content (AvgIpc) is 2.94. The molecule has 0 aliphatic carbocycles. The van der Waals surface area contributed by atoms with Crippen LogP contribution in [-0.4, -0.2) is 34.0 Å². The molecule has 0 aromatic heterocycles. The maximum atomic E-state index is 5.81. The fourth-order valence-corrected chi connectivity index (χ4v) is 2.74. The molecule has 1 fully saturated rings. The highest BCUT2D eigenvalue weighted by molar-refractivity contribution is 5.48. The summed E-state index contributed by atoms with van der Waals surface area (Å²) in [4.78, 5) is 0. The standard InChI is InChI=1S/C15H23NO3/c1-10-8-13(17-3)14(18-4)9-11(10)15(16-2)12-6-5-7-19-12/h8-9,12,15-16H,5-7H2,1-4H3. The Morgan fingerprint density at radius 1 is 1.26 bits per heavy atom. The topological polar surface area (TPSA) is 39.7 Å². The van der Waals surface area contributed by atoms with Crippen molar-refractivity contribution in [1.82, 2.24) is 5.32 Å². The Labute approximate surface area is 115 Å². The molecule has 106 valence electrons. The molecule has 2 unspecified atom stereocenters. The molecule has 2 rings (SSSR count). The zero-order valence-corrected chi connectivity index (χ0v) is 12.2. The van der Waals surface area contributed by atoms with Crippen molar-refractivity contribution in [2.75, 3.05) is 27.9 Å². The lowest BCUT2D eigenvalue weighted by molar-refractivity contribution is 0.0805. The van der Waals surface area contributed by atoms with Gasteiger partial charge < -0.3 is 19.5 Å². The largest absolute Gasteiger partial charge is 0.493 e. The second-order valence-electron chi connectivity index (χ2n) is 4.88. The van der Waals surface area contributed by atoms with E-state index in [9.17, 15) is 0 Å². The van der Waals surface area contributed by atoms with Gasteiger partial charge in [0, 0.05) is 6.61 Å². The molecular weight excluding hydrogens is 242 g/mol. The number of likely N-dealkylation sites (N-methyl/N-ethyl adjacent to an activating group) is 1. The van der Waals surface area contributed by atoms with E-state index in [0.29, 0.717) is 0 Å². The van der Waals surface area contributed by atoms with Gasteiger partial charge in [0.15, 0.2) is 11.5 Å². The van der Waals surface area contributed by atoms with Gasteiger partial charge in [-0.3, -0.25) is 0 Å². The van der Waals surface area contributed by atoms with Crippen LogP contribution in [0.3, 0.4) is 0 Å². The quantitative estimate of drug-likeness (QED) is 0.887. The zero-order valence-electron chi connectivity index (χ0n) is 12.2. The second kappa shape index (κ2) is 6.26. The highest BCUT2D eigenvalue weighted by Gasteiger charge is 2.28. The molecule has 1 N–H and O–H groups in total. The molecular formula is C15H23NO3. The Kier molecular flexibility index (Phi) is 4.66. The number of methoxy groups -OCH3 is 2. The summed E-state index contributed by atoms with van der Waals surface area (Å²) >= 11 is 0. The van der Waals surface area contributed by atoms with Crippen molar-refractivity contribution in [2.24, 2.45) is 0 Å². The van der Waals surface area contributed by atoms with Crippen molar-refractivity contribution in [1.29, 1.82) is 0 Å². The minimum Gasteiger partial charge on any atom is -0.493 e. The second-order valence-corrected chi connectivity index (χ2v) is 4.88. The van der Waals surface area contributed by atoms with Gasteiger partial charge in [0.1, 0.15) is 0 Å². The van der Waals surface area contributed by atoms with Gasteiger partial charge in [-0.2, -0.15) is 0 Å². The third kappa shape index (κ3) is 2.85. The molecule has 1 aromatic carbocycles. The van der Waals surface area contributed by atoms with Crippen LogP contribution in [-0.2, 0) is 4.74 Å². The summed E-state index contributed by atoms with van der Waals surface area (Å²) in [6.07, 6.45) is 2.47. The Bertz CT molecular complexity index is 428. The SMILES string of the molecule is CNC(c1cc(OC)c(OC)cc1C)C1CCCO1. The molecule has 0 radical (unpaired) electrons.